The number of hydrogen-bond donors (Lipinski definition) is 0. The number of aryl methyl sites for hydroxylation is 1. The monoisotopic (exact) mass is 873 g/mol. The Balaban J connectivity index is 1.66. The van der Waals surface area contributed by atoms with Crippen LogP contribution >= 0.6 is 6.92 Å². The zero-order chi connectivity index (χ0) is 39.6. The minimum Gasteiger partial charge on any atom is -0.620 e. The molecule has 1 radical (unpaired) electrons. The summed E-state index contributed by atoms with van der Waals surface area (Å²) in [6.07, 6.45) is 1.44. The molecule has 295 valence electrons. The summed E-state index contributed by atoms with van der Waals surface area (Å²) in [7, 11) is -11.0. The number of carbonyl (C=O) groups is 2. The van der Waals surface area contributed by atoms with Gasteiger partial charge in [-0.05, 0) is 81.2 Å². The van der Waals surface area contributed by atoms with E-state index >= 15 is 0 Å². The van der Waals surface area contributed by atoms with Gasteiger partial charge in [0, 0.05) is 36.1 Å². The maximum atomic E-state index is 13.4. The van der Waals surface area contributed by atoms with Gasteiger partial charge in [-0.15, -0.1) is 0 Å². The average molecular weight is 874 g/mol. The molecule has 0 spiro atoms. The molecule has 18 heteroatoms. The third-order valence-corrected chi connectivity index (χ3v) is 28.1. The van der Waals surface area contributed by atoms with Gasteiger partial charge in [0.2, 0.25) is 6.29 Å². The molecule has 0 aliphatic carbocycles. The molecule has 1 saturated heterocycles. The molecule has 1 aliphatic heterocycles. The van der Waals surface area contributed by atoms with Crippen LogP contribution in [0.25, 0.3) is 11.1 Å². The van der Waals surface area contributed by atoms with E-state index in [9.17, 15) is 14.5 Å². The number of carbonyl (C=O) groups excluding carboxylic acids is 2. The number of hydrogen-bond acceptors (Lipinski definition) is 11. The van der Waals surface area contributed by atoms with Gasteiger partial charge in [-0.1, -0.05) is 62.4 Å². The fraction of sp³-hybridized carbons (Fsp3) is 0.600. The molecule has 2 aromatic carbocycles. The molecule has 6 atom stereocenters. The van der Waals surface area contributed by atoms with Crippen molar-refractivity contribution in [3.8, 4) is 11.1 Å². The molecule has 0 saturated carbocycles. The lowest BCUT2D eigenvalue weighted by Gasteiger charge is -2.42. The van der Waals surface area contributed by atoms with E-state index < -0.39 is 68.1 Å². The summed E-state index contributed by atoms with van der Waals surface area (Å²) in [5.41, 5.74) is 4.39. The molecule has 2 aromatic rings. The van der Waals surface area contributed by atoms with Gasteiger partial charge in [-0.3, -0.25) is 9.59 Å². The first kappa shape index (κ1) is 46.3. The molecular weight excluding hydrogens is 816 g/mol. The Morgan fingerprint density at radius 2 is 1.34 bits per heavy atom. The maximum absolute atomic E-state index is 13.4. The minimum absolute atomic E-state index is 0.249. The highest BCUT2D eigenvalue weighted by Crippen LogP contribution is 2.33. The summed E-state index contributed by atoms with van der Waals surface area (Å²) in [6.45, 7) is 21.6. The Kier molecular flexibility index (Phi) is 17.8. The normalized spacial score (nSPS) is 18.4. The SMILES string of the molecule is CC(C[Si](C)(O[Si](C)O[Si](C)(C)C)O[Si](C)(CC(C)C(=O)OC1CO1)O[Si](C)(C)C)C(=O)OCCc1ccc(-c2ccc(CC[P+]([O-])=S=S)cc2)cc1. The number of esters is 2. The van der Waals surface area contributed by atoms with Crippen molar-refractivity contribution in [1.82, 2.24) is 0 Å². The molecule has 0 aromatic heterocycles. The number of rotatable bonds is 22. The van der Waals surface area contributed by atoms with Gasteiger partial charge < -0.3 is 35.6 Å². The van der Waals surface area contributed by atoms with E-state index in [0.29, 0.717) is 31.3 Å². The van der Waals surface area contributed by atoms with Gasteiger partial charge in [-0.2, -0.15) is 0 Å². The summed E-state index contributed by atoms with van der Waals surface area (Å²) in [4.78, 5) is 38.0. The van der Waals surface area contributed by atoms with Crippen LogP contribution in [0.4, 0.5) is 0 Å². The van der Waals surface area contributed by atoms with Crippen LogP contribution in [-0.4, -0.2) is 80.6 Å². The summed E-state index contributed by atoms with van der Waals surface area (Å²) in [6, 6.07) is 17.3. The Labute approximate surface area is 331 Å². The van der Waals surface area contributed by atoms with Crippen molar-refractivity contribution in [3.05, 3.63) is 59.7 Å². The predicted octanol–water partition coefficient (Wildman–Crippen LogP) is 7.37. The molecular formula is C35H58O10PS2Si5. The lowest BCUT2D eigenvalue weighted by Crippen LogP contribution is -2.59. The number of benzene rings is 2. The molecule has 0 bridgehead atoms. The van der Waals surface area contributed by atoms with Crippen molar-refractivity contribution < 1.29 is 45.2 Å². The fourth-order valence-electron chi connectivity index (χ4n) is 6.10. The number of epoxide rings is 1. The Hall–Kier alpha value is -1.04. The molecule has 6 unspecified atom stereocenters. The van der Waals surface area contributed by atoms with Crippen LogP contribution in [0.2, 0.25) is 71.0 Å². The first-order valence-corrected chi connectivity index (χ1v) is 35.6. The molecule has 1 aliphatic rings. The van der Waals surface area contributed by atoms with Gasteiger partial charge in [0.15, 0.2) is 16.6 Å². The third kappa shape index (κ3) is 17.8. The summed E-state index contributed by atoms with van der Waals surface area (Å²) >= 11 is 4.82. The van der Waals surface area contributed by atoms with Gasteiger partial charge in [0.25, 0.3) is 0 Å². The molecule has 10 nitrogen and oxygen atoms in total. The van der Waals surface area contributed by atoms with Gasteiger partial charge >= 0.3 is 38.3 Å². The Bertz CT molecular complexity index is 1570. The molecule has 3 rings (SSSR count). The van der Waals surface area contributed by atoms with Crippen molar-refractivity contribution in [1.29, 1.82) is 0 Å². The smallest absolute Gasteiger partial charge is 0.360 e. The van der Waals surface area contributed by atoms with Crippen LogP contribution in [0.15, 0.2) is 48.5 Å². The van der Waals surface area contributed by atoms with E-state index in [2.05, 4.69) is 87.8 Å². The highest BCUT2D eigenvalue weighted by atomic mass is 32.9. The highest BCUT2D eigenvalue weighted by molar-refractivity contribution is 8.33. The Morgan fingerprint density at radius 3 is 1.83 bits per heavy atom. The lowest BCUT2D eigenvalue weighted by molar-refractivity contribution is -0.153. The van der Waals surface area contributed by atoms with Gasteiger partial charge in [0.1, 0.15) is 29.2 Å². The van der Waals surface area contributed by atoms with Crippen LogP contribution in [-0.2, 0) is 73.8 Å². The van der Waals surface area contributed by atoms with Crippen molar-refractivity contribution in [3.63, 3.8) is 0 Å². The van der Waals surface area contributed by atoms with Crippen LogP contribution in [0.3, 0.4) is 0 Å². The van der Waals surface area contributed by atoms with E-state index in [1.807, 2.05) is 33.5 Å². The van der Waals surface area contributed by atoms with E-state index in [0.717, 1.165) is 38.2 Å². The van der Waals surface area contributed by atoms with E-state index in [1.54, 1.807) is 0 Å². The number of ether oxygens (including phenoxy) is 3. The second-order valence-corrected chi connectivity index (χ2v) is 38.3. The molecule has 0 N–H and O–H groups in total. The minimum atomic E-state index is -3.15. The molecule has 1 heterocycles. The summed E-state index contributed by atoms with van der Waals surface area (Å²) in [5, 5.41) is 0. The van der Waals surface area contributed by atoms with Crippen LogP contribution in [0.5, 0.6) is 0 Å². The predicted molar refractivity (Wildman–Crippen MR) is 226 cm³/mol. The van der Waals surface area contributed by atoms with Crippen LogP contribution in [0.1, 0.15) is 25.0 Å². The van der Waals surface area contributed by atoms with Gasteiger partial charge in [0.05, 0.1) is 18.4 Å². The molecule has 0 amide bonds. The largest absolute Gasteiger partial charge is 0.620 e. The zero-order valence-corrected chi connectivity index (χ0v) is 40.7. The Morgan fingerprint density at radius 1 is 0.830 bits per heavy atom. The zero-order valence-electron chi connectivity index (χ0n) is 33.1. The lowest BCUT2D eigenvalue weighted by atomic mass is 10.0. The van der Waals surface area contributed by atoms with Gasteiger partial charge in [-0.25, -0.2) is 0 Å². The van der Waals surface area contributed by atoms with Crippen molar-refractivity contribution >= 4 is 82.6 Å². The van der Waals surface area contributed by atoms with E-state index in [4.69, 9.17) is 41.9 Å². The third-order valence-electron chi connectivity index (χ3n) is 8.01. The summed E-state index contributed by atoms with van der Waals surface area (Å²) < 4.78 is 43.3. The topological polar surface area (TPSA) is 125 Å². The quantitative estimate of drug-likeness (QED) is 0.0510. The standard InChI is InChI=1S/C35H58O10PS2Si5/c1-27(34(36)39-22-20-29-12-16-31(17-13-29)32-18-14-30(15-19-32)21-23-46(38)48-47)25-52(10,43-49(3)42-50(4,5)6)45-53(11,44-51(7,8)9)26-28(2)35(37)41-33-24-40-33/h12-19,27-28,33H,20-26H2,1-11H3. The second-order valence-electron chi connectivity index (χ2n) is 16.0. The second kappa shape index (κ2) is 20.4. The highest BCUT2D eigenvalue weighted by Gasteiger charge is 2.49. The van der Waals surface area contributed by atoms with Crippen LogP contribution < -0.4 is 4.89 Å². The van der Waals surface area contributed by atoms with E-state index in [-0.39, 0.29) is 18.5 Å². The first-order valence-electron chi connectivity index (χ1n) is 18.1. The fourth-order valence-corrected chi connectivity index (χ4v) is 28.0. The summed E-state index contributed by atoms with van der Waals surface area (Å²) in [5.74, 6) is -1.60. The molecule has 1 fully saturated rings. The van der Waals surface area contributed by atoms with E-state index in [1.165, 1.54) is 0 Å². The van der Waals surface area contributed by atoms with Crippen molar-refractivity contribution in [2.45, 2.75) is 104 Å². The maximum Gasteiger partial charge on any atom is 0.360 e. The van der Waals surface area contributed by atoms with Crippen molar-refractivity contribution in [2.24, 2.45) is 11.8 Å². The van der Waals surface area contributed by atoms with Crippen LogP contribution in [0, 0.1) is 11.8 Å². The average Bonchev–Trinajstić information content (AvgIpc) is 3.85. The molecule has 53 heavy (non-hydrogen) atoms. The van der Waals surface area contributed by atoms with Crippen molar-refractivity contribution in [2.75, 3.05) is 19.4 Å². The first-order chi connectivity index (χ1) is 24.6.